The molecule has 0 saturated heterocycles. The summed E-state index contributed by atoms with van der Waals surface area (Å²) in [6.45, 7) is 3.47. The van der Waals surface area contributed by atoms with Gasteiger partial charge in [0.1, 0.15) is 18.1 Å². The largest absolute Gasteiger partial charge is 0.380 e. The second-order valence-corrected chi connectivity index (χ2v) is 6.08. The van der Waals surface area contributed by atoms with E-state index in [0.29, 0.717) is 23.6 Å². The zero-order valence-corrected chi connectivity index (χ0v) is 14.9. The second kappa shape index (κ2) is 8.35. The van der Waals surface area contributed by atoms with Crippen LogP contribution in [-0.4, -0.2) is 36.1 Å². The zero-order valence-electron chi connectivity index (χ0n) is 14.9. The molecule has 2 N–H and O–H groups in total. The van der Waals surface area contributed by atoms with E-state index < -0.39 is 0 Å². The summed E-state index contributed by atoms with van der Waals surface area (Å²) < 4.78 is 4.96. The molecule has 0 atom stereocenters. The molecular formula is C19H22N4O3. The maximum atomic E-state index is 12.4. The number of hydrogen-bond acceptors (Lipinski definition) is 6. The van der Waals surface area contributed by atoms with Crippen LogP contribution in [0, 0.1) is 6.92 Å². The minimum atomic E-state index is -0.318. The van der Waals surface area contributed by atoms with Crippen LogP contribution in [0.1, 0.15) is 21.8 Å². The van der Waals surface area contributed by atoms with Crippen molar-refractivity contribution >= 4 is 11.6 Å². The minimum absolute atomic E-state index is 0.143. The van der Waals surface area contributed by atoms with Crippen LogP contribution in [0.2, 0.25) is 0 Å². The third-order valence-electron chi connectivity index (χ3n) is 3.90. The van der Waals surface area contributed by atoms with Gasteiger partial charge < -0.3 is 14.7 Å². The van der Waals surface area contributed by atoms with Crippen molar-refractivity contribution in [2.75, 3.05) is 25.5 Å². The van der Waals surface area contributed by atoms with Crippen LogP contribution < -0.4 is 10.8 Å². The number of nitrogens with one attached hydrogen (secondary N) is 2. The molecule has 136 valence electrons. The number of aryl methyl sites for hydroxylation is 1. The van der Waals surface area contributed by atoms with E-state index in [1.807, 2.05) is 31.4 Å². The predicted molar refractivity (Wildman–Crippen MR) is 98.3 cm³/mol. The van der Waals surface area contributed by atoms with Crippen molar-refractivity contribution in [1.29, 1.82) is 0 Å². The lowest BCUT2D eigenvalue weighted by Gasteiger charge is -2.18. The Morgan fingerprint density at radius 2 is 2.23 bits per heavy atom. The molecule has 26 heavy (non-hydrogen) atoms. The molecule has 1 aliphatic rings. The first-order chi connectivity index (χ1) is 12.6. The van der Waals surface area contributed by atoms with Gasteiger partial charge in [0.2, 0.25) is 0 Å². The first-order valence-corrected chi connectivity index (χ1v) is 8.36. The van der Waals surface area contributed by atoms with Gasteiger partial charge in [0.15, 0.2) is 0 Å². The summed E-state index contributed by atoms with van der Waals surface area (Å²) in [5.41, 5.74) is 5.51. The number of anilines is 1. The summed E-state index contributed by atoms with van der Waals surface area (Å²) in [7, 11) is 2.03. The van der Waals surface area contributed by atoms with Gasteiger partial charge >= 0.3 is 0 Å². The van der Waals surface area contributed by atoms with E-state index in [4.69, 9.17) is 9.36 Å². The highest BCUT2D eigenvalue weighted by molar-refractivity contribution is 5.99. The van der Waals surface area contributed by atoms with Gasteiger partial charge in [-0.3, -0.25) is 9.63 Å². The number of rotatable bonds is 7. The topological polar surface area (TPSA) is 79.6 Å². The van der Waals surface area contributed by atoms with Gasteiger partial charge in [-0.15, -0.1) is 0 Å². The molecule has 1 aromatic heterocycles. The third kappa shape index (κ3) is 4.73. The quantitative estimate of drug-likeness (QED) is 0.744. The Morgan fingerprint density at radius 1 is 1.38 bits per heavy atom. The molecule has 2 aromatic rings. The van der Waals surface area contributed by atoms with E-state index in [-0.39, 0.29) is 12.5 Å². The molecule has 7 heteroatoms. The molecule has 1 aliphatic heterocycles. The third-order valence-corrected chi connectivity index (χ3v) is 3.90. The Bertz CT molecular complexity index is 826. The molecule has 0 saturated carbocycles. The van der Waals surface area contributed by atoms with Crippen molar-refractivity contribution in [3.05, 3.63) is 71.3 Å². The van der Waals surface area contributed by atoms with E-state index in [2.05, 4.69) is 33.0 Å². The van der Waals surface area contributed by atoms with Crippen molar-refractivity contribution in [3.8, 4) is 0 Å². The van der Waals surface area contributed by atoms with Crippen molar-refractivity contribution in [1.82, 2.24) is 15.5 Å². The molecule has 2 heterocycles. The Labute approximate surface area is 152 Å². The number of benzene rings is 1. The highest BCUT2D eigenvalue weighted by atomic mass is 16.7. The number of hydroxylamine groups is 1. The van der Waals surface area contributed by atoms with Crippen LogP contribution in [-0.2, 0) is 11.4 Å². The molecule has 1 amide bonds. The lowest BCUT2D eigenvalue weighted by Crippen LogP contribution is -2.25. The molecule has 7 nitrogen and oxygen atoms in total. The summed E-state index contributed by atoms with van der Waals surface area (Å²) in [5.74, 6) is 0.378. The Balaban J connectivity index is 1.55. The van der Waals surface area contributed by atoms with Crippen LogP contribution in [0.3, 0.4) is 0 Å². The van der Waals surface area contributed by atoms with Crippen LogP contribution in [0.5, 0.6) is 0 Å². The molecule has 1 aromatic carbocycles. The first kappa shape index (κ1) is 17.8. The molecule has 0 unspecified atom stereocenters. The number of amides is 1. The fourth-order valence-electron chi connectivity index (χ4n) is 2.49. The van der Waals surface area contributed by atoms with E-state index >= 15 is 0 Å². The summed E-state index contributed by atoms with van der Waals surface area (Å²) in [6, 6.07) is 9.08. The van der Waals surface area contributed by atoms with Gasteiger partial charge in [0, 0.05) is 31.9 Å². The number of likely N-dealkylation sites (N-methyl/N-ethyl adjacent to an activating group) is 1. The molecular weight excluding hydrogens is 332 g/mol. The predicted octanol–water partition coefficient (Wildman–Crippen LogP) is 2.64. The lowest BCUT2D eigenvalue weighted by molar-refractivity contribution is 0.0214. The van der Waals surface area contributed by atoms with Crippen LogP contribution in [0.25, 0.3) is 0 Å². The van der Waals surface area contributed by atoms with Gasteiger partial charge in [-0.1, -0.05) is 23.4 Å². The SMILES string of the molecule is Cc1cc(CONC(=O)c2ccccc2NCC2=CCN(C)C=C2)no1. The molecule has 3 rings (SSSR count). The number of hydrogen-bond donors (Lipinski definition) is 2. The van der Waals surface area contributed by atoms with Crippen molar-refractivity contribution in [2.24, 2.45) is 0 Å². The fourth-order valence-corrected chi connectivity index (χ4v) is 2.49. The van der Waals surface area contributed by atoms with E-state index in [9.17, 15) is 4.79 Å². The summed E-state index contributed by atoms with van der Waals surface area (Å²) in [5, 5.41) is 7.12. The van der Waals surface area contributed by atoms with E-state index in [1.54, 1.807) is 19.1 Å². The maximum absolute atomic E-state index is 12.4. The van der Waals surface area contributed by atoms with Gasteiger partial charge in [0.05, 0.1) is 5.56 Å². The van der Waals surface area contributed by atoms with E-state index in [0.717, 1.165) is 12.2 Å². The monoisotopic (exact) mass is 354 g/mol. The summed E-state index contributed by atoms with van der Waals surface area (Å²) in [6.07, 6.45) is 6.25. The van der Waals surface area contributed by atoms with Crippen LogP contribution >= 0.6 is 0 Å². The summed E-state index contributed by atoms with van der Waals surface area (Å²) >= 11 is 0. The van der Waals surface area contributed by atoms with Gasteiger partial charge in [0.25, 0.3) is 5.91 Å². The Kier molecular flexibility index (Phi) is 5.70. The van der Waals surface area contributed by atoms with Crippen molar-refractivity contribution in [3.63, 3.8) is 0 Å². The Morgan fingerprint density at radius 3 is 2.96 bits per heavy atom. The lowest BCUT2D eigenvalue weighted by atomic mass is 10.1. The van der Waals surface area contributed by atoms with Gasteiger partial charge in [-0.05, 0) is 36.9 Å². The van der Waals surface area contributed by atoms with Crippen LogP contribution in [0.4, 0.5) is 5.69 Å². The van der Waals surface area contributed by atoms with Gasteiger partial charge in [-0.2, -0.15) is 0 Å². The molecule has 0 bridgehead atoms. The number of aromatic nitrogens is 1. The van der Waals surface area contributed by atoms with Crippen LogP contribution in [0.15, 0.2) is 58.8 Å². The second-order valence-electron chi connectivity index (χ2n) is 6.08. The zero-order chi connectivity index (χ0) is 18.4. The number of carbonyl (C=O) groups excluding carboxylic acids is 1. The fraction of sp³-hybridized carbons (Fsp3) is 0.263. The number of para-hydroxylation sites is 1. The molecule has 0 spiro atoms. The molecule has 0 fully saturated rings. The number of nitrogens with zero attached hydrogens (tertiary/aromatic N) is 2. The first-order valence-electron chi connectivity index (χ1n) is 8.36. The highest BCUT2D eigenvalue weighted by Gasteiger charge is 2.12. The normalized spacial score (nSPS) is 13.5. The van der Waals surface area contributed by atoms with Crippen molar-refractivity contribution in [2.45, 2.75) is 13.5 Å². The standard InChI is InChI=1S/C19H22N4O3/c1-14-11-16(21-26-14)13-25-22-19(24)17-5-3-4-6-18(17)20-12-15-7-9-23(2)10-8-15/h3-9,11,20H,10,12-13H2,1-2H3,(H,22,24). The number of carbonyl (C=O) groups is 1. The van der Waals surface area contributed by atoms with E-state index in [1.165, 1.54) is 5.57 Å². The van der Waals surface area contributed by atoms with Gasteiger partial charge in [-0.25, -0.2) is 5.48 Å². The smallest absolute Gasteiger partial charge is 0.276 e. The minimum Gasteiger partial charge on any atom is -0.380 e. The summed E-state index contributed by atoms with van der Waals surface area (Å²) in [4.78, 5) is 19.7. The van der Waals surface area contributed by atoms with Crippen molar-refractivity contribution < 1.29 is 14.2 Å². The molecule has 0 aliphatic carbocycles. The maximum Gasteiger partial charge on any atom is 0.276 e. The molecule has 0 radical (unpaired) electrons. The highest BCUT2D eigenvalue weighted by Crippen LogP contribution is 2.16. The average molecular weight is 354 g/mol. The Hall–Kier alpha value is -3.06. The average Bonchev–Trinajstić information content (AvgIpc) is 3.06.